The number of unbranched alkanes of at least 4 members (excludes halogenated alkanes) is 2. The fourth-order valence-electron chi connectivity index (χ4n) is 1.58. The number of rotatable bonds is 10. The molecule has 0 aromatic carbocycles. The van der Waals surface area contributed by atoms with Crippen LogP contribution in [-0.4, -0.2) is 23.4 Å². The summed E-state index contributed by atoms with van der Waals surface area (Å²) in [5.41, 5.74) is -0.285. The summed E-state index contributed by atoms with van der Waals surface area (Å²) < 4.78 is 0. The van der Waals surface area contributed by atoms with E-state index in [1.54, 1.807) is 0 Å². The highest BCUT2D eigenvalue weighted by molar-refractivity contribution is 7.80. The van der Waals surface area contributed by atoms with Crippen molar-refractivity contribution in [1.29, 1.82) is 0 Å². The Morgan fingerprint density at radius 2 is 1.06 bits per heavy atom. The summed E-state index contributed by atoms with van der Waals surface area (Å²) in [7, 11) is 0. The predicted octanol–water partition coefficient (Wildman–Crippen LogP) is -0.0170. The molecule has 0 unspecified atom stereocenters. The molecule has 0 bridgehead atoms. The van der Waals surface area contributed by atoms with Crippen molar-refractivity contribution >= 4 is 37.2 Å². The molecule has 0 radical (unpaired) electrons. The Balaban J connectivity index is 4.80. The number of hydrogen-bond donors (Lipinski definition) is 2. The van der Waals surface area contributed by atoms with Crippen LogP contribution in [0, 0.1) is 0 Å². The molecular formula is C12H18O4S2-2. The summed E-state index contributed by atoms with van der Waals surface area (Å²) in [6.07, 6.45) is 3.00. The van der Waals surface area contributed by atoms with Gasteiger partial charge in [0.05, 0.1) is 11.9 Å². The molecule has 0 heterocycles. The maximum Gasteiger partial charge on any atom is 0.0678 e. The summed E-state index contributed by atoms with van der Waals surface area (Å²) >= 11 is 8.04. The first kappa shape index (κ1) is 17.4. The molecule has 0 saturated carbocycles. The van der Waals surface area contributed by atoms with Crippen LogP contribution in [-0.2, 0) is 9.59 Å². The highest BCUT2D eigenvalue weighted by Crippen LogP contribution is 2.18. The Bertz CT molecular complexity index is 283. The zero-order chi connectivity index (χ0) is 14.0. The first-order valence-electron chi connectivity index (χ1n) is 5.91. The van der Waals surface area contributed by atoms with Crippen molar-refractivity contribution in [2.45, 2.75) is 38.5 Å². The molecule has 0 aliphatic heterocycles. The van der Waals surface area contributed by atoms with Gasteiger partial charge in [-0.15, -0.1) is 0 Å². The van der Waals surface area contributed by atoms with E-state index >= 15 is 0 Å². The lowest BCUT2D eigenvalue weighted by Crippen LogP contribution is -2.32. The minimum Gasteiger partial charge on any atom is -0.545 e. The zero-order valence-electron chi connectivity index (χ0n) is 10.2. The molecule has 18 heavy (non-hydrogen) atoms. The second kappa shape index (κ2) is 10.3. The smallest absolute Gasteiger partial charge is 0.0678 e. The molecule has 4 nitrogen and oxygen atoms in total. The highest BCUT2D eigenvalue weighted by atomic mass is 32.1. The molecule has 0 saturated heterocycles. The lowest BCUT2D eigenvalue weighted by Gasteiger charge is -2.17. The molecule has 0 aliphatic carbocycles. The van der Waals surface area contributed by atoms with Crippen LogP contribution >= 0.6 is 25.3 Å². The van der Waals surface area contributed by atoms with Crippen LogP contribution in [0.5, 0.6) is 0 Å². The van der Waals surface area contributed by atoms with Gasteiger partial charge in [0, 0.05) is 0 Å². The molecule has 0 aliphatic rings. The Hall–Kier alpha value is -0.620. The van der Waals surface area contributed by atoms with Crippen LogP contribution in [0.1, 0.15) is 38.5 Å². The summed E-state index contributed by atoms with van der Waals surface area (Å²) in [4.78, 5) is 22.0. The van der Waals surface area contributed by atoms with Crippen molar-refractivity contribution in [3.63, 3.8) is 0 Å². The van der Waals surface area contributed by atoms with Gasteiger partial charge in [-0.2, -0.15) is 25.3 Å². The van der Waals surface area contributed by atoms with Gasteiger partial charge in [0.2, 0.25) is 0 Å². The number of carbonyl (C=O) groups excluding carboxylic acids is 2. The van der Waals surface area contributed by atoms with Crippen LogP contribution in [0.3, 0.4) is 0 Å². The van der Waals surface area contributed by atoms with Gasteiger partial charge in [-0.3, -0.25) is 0 Å². The third-order valence-corrected chi connectivity index (χ3v) is 3.16. The number of thiol groups is 2. The van der Waals surface area contributed by atoms with Gasteiger partial charge in [0.25, 0.3) is 0 Å². The van der Waals surface area contributed by atoms with Gasteiger partial charge in [-0.25, -0.2) is 0 Å². The van der Waals surface area contributed by atoms with Crippen LogP contribution in [0.4, 0.5) is 0 Å². The minimum atomic E-state index is -1.42. The molecule has 0 amide bonds. The summed E-state index contributed by atoms with van der Waals surface area (Å²) in [5, 5.41) is 22.0. The average molecular weight is 290 g/mol. The summed E-state index contributed by atoms with van der Waals surface area (Å²) in [5.74, 6) is -1.56. The Morgan fingerprint density at radius 3 is 1.28 bits per heavy atom. The van der Waals surface area contributed by atoms with E-state index in [0.29, 0.717) is 24.3 Å². The number of carboxylic acids is 2. The fraction of sp³-hybridized carbons (Fsp3) is 0.667. The van der Waals surface area contributed by atoms with E-state index in [1.807, 2.05) is 0 Å². The Labute approximate surface area is 118 Å². The van der Waals surface area contributed by atoms with Gasteiger partial charge in [-0.05, 0) is 61.2 Å². The van der Waals surface area contributed by atoms with E-state index in [4.69, 9.17) is 0 Å². The first-order valence-corrected chi connectivity index (χ1v) is 7.17. The van der Waals surface area contributed by atoms with Crippen LogP contribution in [0.15, 0.2) is 11.1 Å². The molecule has 0 fully saturated rings. The molecule has 104 valence electrons. The van der Waals surface area contributed by atoms with E-state index in [9.17, 15) is 19.8 Å². The first-order chi connectivity index (χ1) is 8.54. The number of hydrogen-bond acceptors (Lipinski definition) is 6. The third kappa shape index (κ3) is 6.96. The van der Waals surface area contributed by atoms with Crippen LogP contribution < -0.4 is 10.2 Å². The Morgan fingerprint density at radius 1 is 0.722 bits per heavy atom. The van der Waals surface area contributed by atoms with E-state index in [1.165, 1.54) is 0 Å². The van der Waals surface area contributed by atoms with Crippen molar-refractivity contribution < 1.29 is 19.8 Å². The van der Waals surface area contributed by atoms with Gasteiger partial charge >= 0.3 is 0 Å². The second-order valence-electron chi connectivity index (χ2n) is 3.89. The van der Waals surface area contributed by atoms with Crippen LogP contribution in [0.2, 0.25) is 0 Å². The lowest BCUT2D eigenvalue weighted by atomic mass is 9.98. The lowest BCUT2D eigenvalue weighted by molar-refractivity contribution is -0.304. The Kier molecular flexibility index (Phi) is 9.96. The van der Waals surface area contributed by atoms with E-state index < -0.39 is 11.9 Å². The fourth-order valence-corrected chi connectivity index (χ4v) is 2.03. The van der Waals surface area contributed by atoms with Gasteiger partial charge in [0.15, 0.2) is 0 Å². The molecule has 0 rings (SSSR count). The van der Waals surface area contributed by atoms with Crippen molar-refractivity contribution in [2.75, 3.05) is 11.5 Å². The second-order valence-corrected chi connectivity index (χ2v) is 4.79. The monoisotopic (exact) mass is 290 g/mol. The normalized spacial score (nSPS) is 12.1. The maximum absolute atomic E-state index is 11.0. The van der Waals surface area contributed by atoms with Gasteiger partial charge in [-0.1, -0.05) is 0 Å². The standard InChI is InChI=1S/C12H20O4S2/c13-11(14)9(5-1-3-7-17)10(12(15)16)6-2-4-8-18/h17-18H,1-8H2,(H,13,14)(H,15,16)/p-2/b10-9-. The van der Waals surface area contributed by atoms with Gasteiger partial charge in [0.1, 0.15) is 0 Å². The molecule has 0 spiro atoms. The molecule has 0 N–H and O–H groups in total. The predicted molar refractivity (Wildman–Crippen MR) is 72.4 cm³/mol. The number of aliphatic carboxylic acids is 2. The number of carbonyl (C=O) groups is 2. The maximum atomic E-state index is 11.0. The van der Waals surface area contributed by atoms with E-state index in [2.05, 4.69) is 25.3 Å². The highest BCUT2D eigenvalue weighted by Gasteiger charge is 2.09. The molecule has 0 aromatic rings. The number of carboxylic acid groups (broad SMARTS) is 2. The molecule has 0 aromatic heterocycles. The zero-order valence-corrected chi connectivity index (χ0v) is 12.0. The quantitative estimate of drug-likeness (QED) is 0.337. The van der Waals surface area contributed by atoms with Crippen molar-refractivity contribution in [1.82, 2.24) is 0 Å². The van der Waals surface area contributed by atoms with Crippen molar-refractivity contribution in [3.05, 3.63) is 11.1 Å². The molecule has 6 heteroatoms. The third-order valence-electron chi connectivity index (χ3n) is 2.53. The topological polar surface area (TPSA) is 80.3 Å². The van der Waals surface area contributed by atoms with E-state index in [-0.39, 0.29) is 24.0 Å². The van der Waals surface area contributed by atoms with Crippen molar-refractivity contribution in [3.8, 4) is 0 Å². The van der Waals surface area contributed by atoms with Gasteiger partial charge < -0.3 is 19.8 Å². The summed E-state index contributed by atoms with van der Waals surface area (Å²) in [6.45, 7) is 0. The minimum absolute atomic E-state index is 0.143. The van der Waals surface area contributed by atoms with Crippen LogP contribution in [0.25, 0.3) is 0 Å². The average Bonchev–Trinajstić information content (AvgIpc) is 2.31. The summed E-state index contributed by atoms with van der Waals surface area (Å²) in [6, 6.07) is 0. The SMILES string of the molecule is O=C([O-])/C(CCCCS)=C(/CCCCS)C(=O)[O-]. The molecule has 0 atom stereocenters. The van der Waals surface area contributed by atoms with E-state index in [0.717, 1.165) is 12.8 Å². The van der Waals surface area contributed by atoms with Crippen molar-refractivity contribution in [2.24, 2.45) is 0 Å². The largest absolute Gasteiger partial charge is 0.545 e. The molecular weight excluding hydrogens is 272 g/mol.